The number of aliphatic carboxylic acids is 2. The first-order valence-corrected chi connectivity index (χ1v) is 10.3. The van der Waals surface area contributed by atoms with E-state index < -0.39 is 33.7 Å². The number of carbonyl (C=O) groups excluding carboxylic acids is 2. The van der Waals surface area contributed by atoms with Crippen LogP contribution in [0.2, 0.25) is 0 Å². The fourth-order valence-corrected chi connectivity index (χ4v) is 3.78. The Morgan fingerprint density at radius 2 is 0.973 bits per heavy atom. The minimum atomic E-state index is -1.16. The Bertz CT molecular complexity index is 1080. The van der Waals surface area contributed by atoms with Gasteiger partial charge in [-0.15, -0.1) is 0 Å². The third-order valence-electron chi connectivity index (χ3n) is 5.39. The summed E-state index contributed by atoms with van der Waals surface area (Å²) in [5.41, 5.74) is -0.717. The number of carboxylic acids is 2. The number of rotatable bonds is 6. The summed E-state index contributed by atoms with van der Waals surface area (Å²) in [5.74, 6) is -2.31. The van der Waals surface area contributed by atoms with Gasteiger partial charge in [0.05, 0.1) is 0 Å². The van der Waals surface area contributed by atoms with Gasteiger partial charge < -0.3 is 56.7 Å². The molecular weight excluding hydrogens is 518 g/mol. The molecule has 0 fully saturated rings. The molecule has 0 saturated heterocycles. The van der Waals surface area contributed by atoms with Gasteiger partial charge in [-0.1, -0.05) is 0 Å². The van der Waals surface area contributed by atoms with Crippen LogP contribution in [-0.2, 0) is 9.59 Å². The van der Waals surface area contributed by atoms with Crippen LogP contribution < -0.4 is 111 Å². The molecule has 0 saturated carbocycles. The monoisotopic (exact) mass is 546 g/mol. The van der Waals surface area contributed by atoms with Crippen LogP contribution in [0.5, 0.6) is 0 Å². The topological polar surface area (TPSA) is 274 Å². The Morgan fingerprint density at radius 3 is 1.27 bits per heavy atom. The van der Waals surface area contributed by atoms with Gasteiger partial charge >= 0.3 is 59.1 Å². The van der Waals surface area contributed by atoms with E-state index in [1.165, 1.54) is 0 Å². The second kappa shape index (κ2) is 17.6. The second-order valence-electron chi connectivity index (χ2n) is 7.54. The summed E-state index contributed by atoms with van der Waals surface area (Å²) in [4.78, 5) is 69.1. The number of hydrogen-bond acceptors (Lipinski definition) is 12. The molecule has 0 bridgehead atoms. The number of carbonyl (C=O) groups is 2. The van der Waals surface area contributed by atoms with Gasteiger partial charge in [0.25, 0.3) is 21.7 Å². The van der Waals surface area contributed by atoms with Crippen LogP contribution in [0.1, 0.15) is 25.7 Å². The molecule has 0 aromatic heterocycles. The van der Waals surface area contributed by atoms with E-state index in [0.29, 0.717) is 48.9 Å². The largest absolute Gasteiger partial charge is 1.00 e. The summed E-state index contributed by atoms with van der Waals surface area (Å²) in [6.07, 6.45) is 1.25. The predicted octanol–water partition coefficient (Wildman–Crippen LogP) is -12.4. The van der Waals surface area contributed by atoms with Crippen molar-refractivity contribution in [3.8, 4) is 0 Å². The van der Waals surface area contributed by atoms with Gasteiger partial charge in [-0.25, -0.2) is 0 Å². The van der Waals surface area contributed by atoms with Gasteiger partial charge in [-0.05, 0) is 12.8 Å². The van der Waals surface area contributed by atoms with Crippen LogP contribution in [0.15, 0.2) is 19.2 Å². The summed E-state index contributed by atoms with van der Waals surface area (Å²) < 4.78 is 0. The van der Waals surface area contributed by atoms with Crippen molar-refractivity contribution >= 4 is 34.7 Å². The molecule has 15 nitrogen and oxygen atoms in total. The zero-order valence-electron chi connectivity index (χ0n) is 20.7. The summed E-state index contributed by atoms with van der Waals surface area (Å²) in [6.45, 7) is 2.83. The maximum Gasteiger partial charge on any atom is 1.00 e. The zero-order chi connectivity index (χ0) is 23.4. The molecule has 37 heavy (non-hydrogen) atoms. The maximum atomic E-state index is 11.4. The quantitative estimate of drug-likeness (QED) is 0.252. The van der Waals surface area contributed by atoms with Gasteiger partial charge in [0.1, 0.15) is 22.7 Å². The maximum absolute atomic E-state index is 11.4. The Hall–Kier alpha value is -1.82. The molecule has 2 heterocycles. The van der Waals surface area contributed by atoms with E-state index in [4.69, 9.17) is 0 Å². The minimum Gasteiger partial charge on any atom is -0.550 e. The van der Waals surface area contributed by atoms with E-state index in [-0.39, 0.29) is 101 Å². The molecule has 8 N–H and O–H groups in total. The van der Waals surface area contributed by atoms with Gasteiger partial charge in [0.15, 0.2) is 0 Å². The van der Waals surface area contributed by atoms with Gasteiger partial charge in [-0.2, -0.15) is 0 Å². The molecule has 0 spiro atoms. The second-order valence-corrected chi connectivity index (χ2v) is 7.54. The van der Waals surface area contributed by atoms with Gasteiger partial charge in [0.2, 0.25) is 0 Å². The molecule has 17 heteroatoms. The normalized spacial score (nSPS) is 13.3. The molecule has 0 radical (unpaired) electrons. The van der Waals surface area contributed by atoms with Crippen molar-refractivity contribution in [2.75, 3.05) is 59.7 Å². The molecule has 2 aromatic rings. The summed E-state index contributed by atoms with van der Waals surface area (Å²) in [6, 6.07) is 0. The minimum absolute atomic E-state index is 0. The molecule has 0 atom stereocenters. The smallest absolute Gasteiger partial charge is 0.550 e. The van der Waals surface area contributed by atoms with Crippen molar-refractivity contribution in [3.05, 3.63) is 40.9 Å². The van der Waals surface area contributed by atoms with Gasteiger partial charge in [0, 0.05) is 64.0 Å². The van der Waals surface area contributed by atoms with Crippen molar-refractivity contribution in [1.82, 2.24) is 0 Å². The van der Waals surface area contributed by atoms with Crippen LogP contribution in [0.3, 0.4) is 0 Å². The molecule has 0 aliphatic carbocycles. The van der Waals surface area contributed by atoms with E-state index in [9.17, 15) is 39.0 Å². The Morgan fingerprint density at radius 1 is 0.649 bits per heavy atom. The number of hydrogen-bond donors (Lipinski definition) is 2. The van der Waals surface area contributed by atoms with E-state index in [1.54, 1.807) is 9.80 Å². The average molecular weight is 546 g/mol. The third-order valence-corrected chi connectivity index (χ3v) is 5.39. The van der Waals surface area contributed by atoms with E-state index in [1.807, 2.05) is 0 Å². The SMILES string of the molecule is O.O.O.O=C([O-])CCN1CCCNc2c1c(=O)c2=O.O=C([O-])CCN1CCCNc2c1c(=O)c2=O.[Na+].[Na+]. The predicted molar refractivity (Wildman–Crippen MR) is 123 cm³/mol. The van der Waals surface area contributed by atoms with Gasteiger partial charge in [-0.3, -0.25) is 19.2 Å². The van der Waals surface area contributed by atoms with Crippen LogP contribution in [0.25, 0.3) is 0 Å². The Balaban J connectivity index is -0.000000550. The molecule has 2 aliphatic rings. The van der Waals surface area contributed by atoms with Crippen LogP contribution in [-0.4, -0.2) is 67.6 Å². The molecule has 196 valence electrons. The number of anilines is 4. The molecule has 0 unspecified atom stereocenters. The van der Waals surface area contributed by atoms with Crippen LogP contribution in [0, 0.1) is 0 Å². The Labute approximate surface area is 254 Å². The van der Waals surface area contributed by atoms with E-state index in [2.05, 4.69) is 10.6 Å². The average Bonchev–Trinajstić information content (AvgIpc) is 3.08. The fraction of sp³-hybridized carbons (Fsp3) is 0.500. The first-order chi connectivity index (χ1) is 15.2. The van der Waals surface area contributed by atoms with Crippen molar-refractivity contribution in [1.29, 1.82) is 0 Å². The van der Waals surface area contributed by atoms with Crippen LogP contribution >= 0.6 is 0 Å². The molecule has 0 amide bonds. The van der Waals surface area contributed by atoms with Crippen molar-refractivity contribution < 1.29 is 95.3 Å². The van der Waals surface area contributed by atoms with Crippen molar-refractivity contribution in [2.24, 2.45) is 0 Å². The number of carboxylic acid groups (broad SMARTS) is 2. The summed E-state index contributed by atoms with van der Waals surface area (Å²) >= 11 is 0. The van der Waals surface area contributed by atoms with Crippen molar-refractivity contribution in [3.63, 3.8) is 0 Å². The number of nitrogens with zero attached hydrogens (tertiary/aromatic N) is 2. The summed E-state index contributed by atoms with van der Waals surface area (Å²) in [5, 5.41) is 26.5. The van der Waals surface area contributed by atoms with E-state index in [0.717, 1.165) is 12.8 Å². The first kappa shape index (κ1) is 39.7. The third kappa shape index (κ3) is 9.15. The number of fused-ring (bicyclic) bond motifs is 2. The zero-order valence-corrected chi connectivity index (χ0v) is 24.7. The molecule has 2 aromatic carbocycles. The van der Waals surface area contributed by atoms with Crippen LogP contribution in [0.4, 0.5) is 22.7 Å². The Kier molecular flexibility index (Phi) is 18.9. The first-order valence-electron chi connectivity index (χ1n) is 10.3. The summed E-state index contributed by atoms with van der Waals surface area (Å²) in [7, 11) is 0. The molecular formula is C20H28N4Na2O11. The van der Waals surface area contributed by atoms with Crippen molar-refractivity contribution in [2.45, 2.75) is 25.7 Å². The van der Waals surface area contributed by atoms with E-state index >= 15 is 0 Å². The number of nitrogens with one attached hydrogen (secondary N) is 2. The fourth-order valence-electron chi connectivity index (χ4n) is 3.78. The standard InChI is InChI=1S/2C10H12N2O4.2Na.3H2O/c2*13-6(14)2-5-12-4-1-3-11-7-8(12)10(16)9(7)15;;;;;/h2*11H,1-5H2,(H,13,14);;;3*1H2/q;;2*+1;;;/p-2. The molecule has 4 rings (SSSR count). The molecule has 2 aliphatic heterocycles.